The highest BCUT2D eigenvalue weighted by atomic mass is 16.7. The van der Waals surface area contributed by atoms with E-state index in [-0.39, 0.29) is 6.61 Å². The first-order chi connectivity index (χ1) is 12.6. The van der Waals surface area contributed by atoms with Crippen LogP contribution in [0.15, 0.2) is 0 Å². The number of methoxy groups -OCH3 is 1. The number of aliphatic hydroxyl groups excluding tert-OH is 4. The number of alkyl carbamates (subject to hydrolysis) is 1. The Morgan fingerprint density at radius 1 is 1.33 bits per heavy atom. The molecular formula is C16H29NO10. The van der Waals surface area contributed by atoms with Gasteiger partial charge in [-0.1, -0.05) is 13.8 Å². The van der Waals surface area contributed by atoms with Crippen molar-refractivity contribution < 1.29 is 49.3 Å². The number of carbonyl (C=O) groups excluding carboxylic acids is 1. The highest BCUT2D eigenvalue weighted by molar-refractivity contribution is 5.76. The van der Waals surface area contributed by atoms with E-state index in [1.807, 2.05) is 13.8 Å². The van der Waals surface area contributed by atoms with Crippen molar-refractivity contribution in [3.8, 4) is 0 Å². The number of carboxylic acid groups (broad SMARTS) is 1. The number of nitrogens with one attached hydrogen (secondary N) is 1. The Kier molecular flexibility index (Phi) is 8.85. The molecule has 1 fully saturated rings. The van der Waals surface area contributed by atoms with Gasteiger partial charge in [-0.05, 0) is 12.3 Å². The summed E-state index contributed by atoms with van der Waals surface area (Å²) in [6.45, 7) is 3.16. The average molecular weight is 395 g/mol. The maximum atomic E-state index is 12.0. The number of ether oxygens (including phenoxy) is 3. The summed E-state index contributed by atoms with van der Waals surface area (Å²) in [6.07, 6.45) is -7.46. The summed E-state index contributed by atoms with van der Waals surface area (Å²) in [5.41, 5.74) is 0. The van der Waals surface area contributed by atoms with Gasteiger partial charge < -0.3 is 45.1 Å². The predicted molar refractivity (Wildman–Crippen MR) is 89.7 cm³/mol. The standard InChI is InChI=1S/C16H29NO10/c1-8(2)4-5-26-15(24)17-11-9(19)6-16(25-3,14(22)23)27-13(11)12(21)10(20)7-18/h8-13,18-21H,4-7H2,1-3H3,(H,17,24)(H,22,23). The van der Waals surface area contributed by atoms with Gasteiger partial charge in [0.1, 0.15) is 18.3 Å². The highest BCUT2D eigenvalue weighted by Crippen LogP contribution is 2.33. The van der Waals surface area contributed by atoms with Crippen LogP contribution in [0.4, 0.5) is 4.79 Å². The maximum absolute atomic E-state index is 12.0. The molecule has 1 aliphatic rings. The lowest BCUT2D eigenvalue weighted by Crippen LogP contribution is -2.67. The monoisotopic (exact) mass is 395 g/mol. The number of carbonyl (C=O) groups is 2. The smallest absolute Gasteiger partial charge is 0.407 e. The van der Waals surface area contributed by atoms with Crippen LogP contribution in [0.3, 0.4) is 0 Å². The zero-order chi connectivity index (χ0) is 20.8. The van der Waals surface area contributed by atoms with Crippen molar-refractivity contribution >= 4 is 12.1 Å². The van der Waals surface area contributed by atoms with E-state index in [1.165, 1.54) is 0 Å². The van der Waals surface area contributed by atoms with Gasteiger partial charge in [-0.15, -0.1) is 0 Å². The van der Waals surface area contributed by atoms with Crippen molar-refractivity contribution in [1.82, 2.24) is 5.32 Å². The molecule has 1 aliphatic heterocycles. The fourth-order valence-corrected chi connectivity index (χ4v) is 2.67. The van der Waals surface area contributed by atoms with Crippen LogP contribution >= 0.6 is 0 Å². The molecule has 0 aliphatic carbocycles. The second-order valence-corrected chi connectivity index (χ2v) is 6.85. The van der Waals surface area contributed by atoms with Crippen molar-refractivity contribution in [3.05, 3.63) is 0 Å². The summed E-state index contributed by atoms with van der Waals surface area (Å²) < 4.78 is 15.2. The molecule has 6 N–H and O–H groups in total. The Labute approximate surface area is 156 Å². The molecule has 0 aromatic carbocycles. The van der Waals surface area contributed by atoms with Crippen LogP contribution < -0.4 is 5.32 Å². The summed E-state index contributed by atoms with van der Waals surface area (Å²) in [6, 6.07) is -1.31. The molecule has 6 unspecified atom stereocenters. The molecule has 11 heteroatoms. The van der Waals surface area contributed by atoms with Gasteiger partial charge in [-0.3, -0.25) is 0 Å². The first kappa shape index (κ1) is 23.5. The van der Waals surface area contributed by atoms with E-state index in [1.54, 1.807) is 0 Å². The minimum absolute atomic E-state index is 0.122. The van der Waals surface area contributed by atoms with E-state index in [2.05, 4.69) is 5.32 Å². The van der Waals surface area contributed by atoms with Gasteiger partial charge in [0, 0.05) is 13.5 Å². The van der Waals surface area contributed by atoms with Crippen molar-refractivity contribution in [2.45, 2.75) is 62.9 Å². The molecular weight excluding hydrogens is 366 g/mol. The third kappa shape index (κ3) is 5.99. The first-order valence-electron chi connectivity index (χ1n) is 8.62. The van der Waals surface area contributed by atoms with Crippen LogP contribution in [0.1, 0.15) is 26.7 Å². The van der Waals surface area contributed by atoms with Gasteiger partial charge in [0.2, 0.25) is 0 Å². The fraction of sp³-hybridized carbons (Fsp3) is 0.875. The van der Waals surface area contributed by atoms with Crippen LogP contribution in [0.25, 0.3) is 0 Å². The van der Waals surface area contributed by atoms with Crippen molar-refractivity contribution in [2.24, 2.45) is 5.92 Å². The van der Waals surface area contributed by atoms with Gasteiger partial charge in [0.25, 0.3) is 5.79 Å². The molecule has 0 spiro atoms. The zero-order valence-electron chi connectivity index (χ0n) is 15.6. The van der Waals surface area contributed by atoms with E-state index < -0.39 is 61.3 Å². The zero-order valence-corrected chi connectivity index (χ0v) is 15.6. The molecule has 1 amide bonds. The van der Waals surface area contributed by atoms with Crippen molar-refractivity contribution in [1.29, 1.82) is 0 Å². The summed E-state index contributed by atoms with van der Waals surface area (Å²) in [5, 5.41) is 51.0. The first-order valence-corrected chi connectivity index (χ1v) is 8.62. The van der Waals surface area contributed by atoms with E-state index in [0.29, 0.717) is 12.3 Å². The molecule has 0 aromatic rings. The number of hydrogen-bond donors (Lipinski definition) is 6. The molecule has 27 heavy (non-hydrogen) atoms. The molecule has 0 bridgehead atoms. The number of rotatable bonds is 9. The Morgan fingerprint density at radius 2 is 1.96 bits per heavy atom. The van der Waals surface area contributed by atoms with Crippen LogP contribution in [-0.2, 0) is 19.0 Å². The summed E-state index contributed by atoms with van der Waals surface area (Å²) in [4.78, 5) is 23.5. The van der Waals surface area contributed by atoms with Crippen LogP contribution in [0.5, 0.6) is 0 Å². The second kappa shape index (κ2) is 10.2. The lowest BCUT2D eigenvalue weighted by atomic mass is 9.88. The molecule has 0 aromatic heterocycles. The van der Waals surface area contributed by atoms with Crippen LogP contribution in [0, 0.1) is 5.92 Å². The van der Waals surface area contributed by atoms with Gasteiger partial charge in [0.05, 0.1) is 25.4 Å². The normalized spacial score (nSPS) is 30.6. The van der Waals surface area contributed by atoms with Crippen molar-refractivity contribution in [2.75, 3.05) is 20.3 Å². The quantitative estimate of drug-likeness (QED) is 0.267. The van der Waals surface area contributed by atoms with E-state index in [4.69, 9.17) is 19.3 Å². The molecule has 6 atom stereocenters. The SMILES string of the molecule is COC1(C(=O)O)CC(O)C(NC(=O)OCCC(C)C)C(C(O)C(O)CO)O1. The molecule has 158 valence electrons. The number of carboxylic acids is 1. The topological polar surface area (TPSA) is 175 Å². The third-order valence-corrected chi connectivity index (χ3v) is 4.36. The number of aliphatic hydroxyl groups is 4. The van der Waals surface area contributed by atoms with E-state index >= 15 is 0 Å². The Hall–Kier alpha value is -1.50. The summed E-state index contributed by atoms with van der Waals surface area (Å²) >= 11 is 0. The Balaban J connectivity index is 2.98. The average Bonchev–Trinajstić information content (AvgIpc) is 2.61. The minimum atomic E-state index is -2.29. The molecule has 1 heterocycles. The lowest BCUT2D eigenvalue weighted by molar-refractivity contribution is -0.303. The van der Waals surface area contributed by atoms with Crippen LogP contribution in [0.2, 0.25) is 0 Å². The highest BCUT2D eigenvalue weighted by Gasteiger charge is 2.55. The number of hydrogen-bond acceptors (Lipinski definition) is 9. The van der Waals surface area contributed by atoms with Gasteiger partial charge in [-0.25, -0.2) is 9.59 Å². The Morgan fingerprint density at radius 3 is 2.44 bits per heavy atom. The second-order valence-electron chi connectivity index (χ2n) is 6.85. The molecule has 0 radical (unpaired) electrons. The number of amides is 1. The summed E-state index contributed by atoms with van der Waals surface area (Å²) in [5.74, 6) is -3.55. The third-order valence-electron chi connectivity index (χ3n) is 4.36. The van der Waals surface area contributed by atoms with Crippen molar-refractivity contribution in [3.63, 3.8) is 0 Å². The molecule has 1 rings (SSSR count). The van der Waals surface area contributed by atoms with E-state index in [9.17, 15) is 30.0 Å². The predicted octanol–water partition coefficient (Wildman–Crippen LogP) is -1.58. The van der Waals surface area contributed by atoms with Gasteiger partial charge >= 0.3 is 12.1 Å². The maximum Gasteiger partial charge on any atom is 0.407 e. The molecule has 0 saturated carbocycles. The van der Waals surface area contributed by atoms with Gasteiger partial charge in [0.15, 0.2) is 0 Å². The lowest BCUT2D eigenvalue weighted by Gasteiger charge is -2.45. The molecule has 1 saturated heterocycles. The number of aliphatic carboxylic acids is 1. The molecule has 11 nitrogen and oxygen atoms in total. The Bertz CT molecular complexity index is 502. The minimum Gasteiger partial charge on any atom is -0.477 e. The van der Waals surface area contributed by atoms with E-state index in [0.717, 1.165) is 7.11 Å². The fourth-order valence-electron chi connectivity index (χ4n) is 2.67. The summed E-state index contributed by atoms with van der Waals surface area (Å²) in [7, 11) is 1.04. The van der Waals surface area contributed by atoms with Crippen LogP contribution in [-0.4, -0.2) is 94.2 Å². The van der Waals surface area contributed by atoms with Gasteiger partial charge in [-0.2, -0.15) is 0 Å². The largest absolute Gasteiger partial charge is 0.477 e.